The molecule has 0 fully saturated rings. The zero-order valence-electron chi connectivity index (χ0n) is 17.4. The van der Waals surface area contributed by atoms with Crippen LogP contribution < -0.4 is 5.32 Å². The summed E-state index contributed by atoms with van der Waals surface area (Å²) < 4.78 is 28.8. The van der Waals surface area contributed by atoms with E-state index in [9.17, 15) is 13.2 Å². The summed E-state index contributed by atoms with van der Waals surface area (Å²) in [5, 5.41) is 2.96. The van der Waals surface area contributed by atoms with Crippen LogP contribution in [0.1, 0.15) is 37.6 Å². The van der Waals surface area contributed by atoms with E-state index in [2.05, 4.69) is 10.3 Å². The van der Waals surface area contributed by atoms with E-state index in [0.717, 1.165) is 17.5 Å². The first kappa shape index (κ1) is 22.3. The molecule has 3 rings (SSSR count). The zero-order valence-corrected chi connectivity index (χ0v) is 19.0. The Morgan fingerprint density at radius 2 is 1.93 bits per heavy atom. The molecule has 0 atom stereocenters. The maximum Gasteiger partial charge on any atom is 0.259 e. The SMILES string of the molecule is CCCn1c(NC(=O)c2cc(S(=O)(=O)N(C)C(C)C)ccc2Cl)nc2ccccc21. The lowest BCUT2D eigenvalue weighted by molar-refractivity contribution is 0.102. The zero-order chi connectivity index (χ0) is 22.1. The van der Waals surface area contributed by atoms with Crippen molar-refractivity contribution in [3.63, 3.8) is 0 Å². The molecule has 0 radical (unpaired) electrons. The van der Waals surface area contributed by atoms with Gasteiger partial charge in [0.1, 0.15) is 0 Å². The van der Waals surface area contributed by atoms with Crippen LogP contribution in [0.25, 0.3) is 11.0 Å². The quantitative estimate of drug-likeness (QED) is 0.581. The first-order valence-corrected chi connectivity index (χ1v) is 11.5. The summed E-state index contributed by atoms with van der Waals surface area (Å²) in [7, 11) is -2.25. The number of fused-ring (bicyclic) bond motifs is 1. The van der Waals surface area contributed by atoms with Gasteiger partial charge in [-0.15, -0.1) is 0 Å². The minimum absolute atomic E-state index is 0.00955. The van der Waals surface area contributed by atoms with Crippen LogP contribution in [-0.4, -0.2) is 41.3 Å². The van der Waals surface area contributed by atoms with Crippen LogP contribution in [0.3, 0.4) is 0 Å². The Labute approximate surface area is 181 Å². The van der Waals surface area contributed by atoms with Crippen LogP contribution in [0, 0.1) is 0 Å². The number of hydrogen-bond acceptors (Lipinski definition) is 4. The van der Waals surface area contributed by atoms with Gasteiger partial charge >= 0.3 is 0 Å². The largest absolute Gasteiger partial charge is 0.310 e. The number of nitrogens with one attached hydrogen (secondary N) is 1. The highest BCUT2D eigenvalue weighted by atomic mass is 35.5. The molecule has 9 heteroatoms. The highest BCUT2D eigenvalue weighted by Crippen LogP contribution is 2.25. The molecule has 0 unspecified atom stereocenters. The van der Waals surface area contributed by atoms with E-state index >= 15 is 0 Å². The summed E-state index contributed by atoms with van der Waals surface area (Å²) in [5.74, 6) is -0.122. The minimum Gasteiger partial charge on any atom is -0.310 e. The Bertz CT molecular complexity index is 1190. The average molecular weight is 449 g/mol. The van der Waals surface area contributed by atoms with Crippen LogP contribution in [-0.2, 0) is 16.6 Å². The van der Waals surface area contributed by atoms with Gasteiger partial charge in [-0.3, -0.25) is 10.1 Å². The molecular formula is C21H25ClN4O3S. The van der Waals surface area contributed by atoms with Crippen LogP contribution >= 0.6 is 11.6 Å². The third-order valence-corrected chi connectivity index (χ3v) is 7.27. The average Bonchev–Trinajstić information content (AvgIpc) is 3.04. The number of carbonyl (C=O) groups excluding carboxylic acids is 1. The van der Waals surface area contributed by atoms with Crippen molar-refractivity contribution in [2.75, 3.05) is 12.4 Å². The molecule has 1 heterocycles. The third kappa shape index (κ3) is 4.21. The summed E-state index contributed by atoms with van der Waals surface area (Å²) in [6.07, 6.45) is 0.860. The molecule has 0 saturated carbocycles. The molecule has 0 bridgehead atoms. The first-order chi connectivity index (χ1) is 14.2. The minimum atomic E-state index is -3.75. The number of para-hydroxylation sites is 2. The number of aromatic nitrogens is 2. The topological polar surface area (TPSA) is 84.3 Å². The highest BCUT2D eigenvalue weighted by Gasteiger charge is 2.25. The summed E-state index contributed by atoms with van der Waals surface area (Å²) in [4.78, 5) is 17.5. The molecule has 0 spiro atoms. The van der Waals surface area contributed by atoms with Crippen molar-refractivity contribution in [2.24, 2.45) is 0 Å². The van der Waals surface area contributed by atoms with E-state index in [0.29, 0.717) is 12.5 Å². The Kier molecular flexibility index (Phi) is 6.50. The van der Waals surface area contributed by atoms with E-state index in [4.69, 9.17) is 11.6 Å². The van der Waals surface area contributed by atoms with Gasteiger partial charge in [-0.25, -0.2) is 13.4 Å². The van der Waals surface area contributed by atoms with E-state index in [1.165, 1.54) is 29.6 Å². The predicted octanol–water partition coefficient (Wildman–Crippen LogP) is 4.38. The number of amides is 1. The van der Waals surface area contributed by atoms with Gasteiger partial charge in [-0.2, -0.15) is 4.31 Å². The van der Waals surface area contributed by atoms with E-state index in [1.807, 2.05) is 35.8 Å². The molecule has 160 valence electrons. The Morgan fingerprint density at radius 1 is 1.23 bits per heavy atom. The fourth-order valence-corrected chi connectivity index (χ4v) is 4.67. The number of hydrogen-bond donors (Lipinski definition) is 1. The molecule has 0 aliphatic rings. The standard InChI is InChI=1S/C21H25ClN4O3S/c1-5-12-26-19-9-7-6-8-18(19)23-21(26)24-20(27)16-13-15(10-11-17(16)22)30(28,29)25(4)14(2)3/h6-11,13-14H,5,12H2,1-4H3,(H,23,24,27). The van der Waals surface area contributed by atoms with Gasteiger partial charge in [0.25, 0.3) is 5.91 Å². The second-order valence-electron chi connectivity index (χ2n) is 7.29. The van der Waals surface area contributed by atoms with Crippen molar-refractivity contribution in [1.82, 2.24) is 13.9 Å². The monoisotopic (exact) mass is 448 g/mol. The van der Waals surface area contributed by atoms with E-state index in [-0.39, 0.29) is 21.5 Å². The second kappa shape index (κ2) is 8.75. The predicted molar refractivity (Wildman–Crippen MR) is 120 cm³/mol. The van der Waals surface area contributed by atoms with Crippen LogP contribution in [0.2, 0.25) is 5.02 Å². The summed E-state index contributed by atoms with van der Waals surface area (Å²) >= 11 is 6.23. The number of imidazole rings is 1. The number of aryl methyl sites for hydroxylation is 1. The van der Waals surface area contributed by atoms with Gasteiger partial charge < -0.3 is 4.57 Å². The number of carbonyl (C=O) groups is 1. The fourth-order valence-electron chi connectivity index (χ4n) is 3.07. The number of sulfonamides is 1. The molecular weight excluding hydrogens is 424 g/mol. The maximum atomic E-state index is 13.0. The lowest BCUT2D eigenvalue weighted by atomic mass is 10.2. The first-order valence-electron chi connectivity index (χ1n) is 9.71. The summed E-state index contributed by atoms with van der Waals surface area (Å²) in [5.41, 5.74) is 1.75. The van der Waals surface area contributed by atoms with Crippen molar-refractivity contribution >= 4 is 44.5 Å². The van der Waals surface area contributed by atoms with Gasteiger partial charge in [0.2, 0.25) is 16.0 Å². The third-order valence-electron chi connectivity index (χ3n) is 4.91. The van der Waals surface area contributed by atoms with Crippen molar-refractivity contribution in [3.05, 3.63) is 53.1 Å². The van der Waals surface area contributed by atoms with Crippen molar-refractivity contribution in [1.29, 1.82) is 0 Å². The smallest absolute Gasteiger partial charge is 0.259 e. The molecule has 1 amide bonds. The number of nitrogens with zero attached hydrogens (tertiary/aromatic N) is 3. The van der Waals surface area contributed by atoms with Gasteiger partial charge in [0.15, 0.2) is 0 Å². The van der Waals surface area contributed by atoms with E-state index in [1.54, 1.807) is 13.8 Å². The van der Waals surface area contributed by atoms with Crippen molar-refractivity contribution in [3.8, 4) is 0 Å². The molecule has 0 aliphatic heterocycles. The van der Waals surface area contributed by atoms with Gasteiger partial charge in [0, 0.05) is 19.6 Å². The van der Waals surface area contributed by atoms with E-state index < -0.39 is 15.9 Å². The van der Waals surface area contributed by atoms with Gasteiger partial charge in [-0.05, 0) is 50.6 Å². The summed E-state index contributed by atoms with van der Waals surface area (Å²) in [6, 6.07) is 11.5. The number of rotatable bonds is 7. The normalized spacial score (nSPS) is 12.1. The number of anilines is 1. The molecule has 1 aromatic heterocycles. The lowest BCUT2D eigenvalue weighted by Crippen LogP contribution is -2.33. The van der Waals surface area contributed by atoms with Crippen LogP contribution in [0.15, 0.2) is 47.4 Å². The molecule has 30 heavy (non-hydrogen) atoms. The van der Waals surface area contributed by atoms with Crippen LogP contribution in [0.5, 0.6) is 0 Å². The Morgan fingerprint density at radius 3 is 2.60 bits per heavy atom. The van der Waals surface area contributed by atoms with Crippen LogP contribution in [0.4, 0.5) is 5.95 Å². The van der Waals surface area contributed by atoms with Crippen molar-refractivity contribution < 1.29 is 13.2 Å². The number of halogens is 1. The van der Waals surface area contributed by atoms with Gasteiger partial charge in [0.05, 0.1) is 26.5 Å². The summed E-state index contributed by atoms with van der Waals surface area (Å²) in [6.45, 7) is 6.27. The number of benzene rings is 2. The Hall–Kier alpha value is -2.42. The molecule has 0 saturated heterocycles. The highest BCUT2D eigenvalue weighted by molar-refractivity contribution is 7.89. The van der Waals surface area contributed by atoms with Crippen molar-refractivity contribution in [2.45, 2.75) is 44.7 Å². The fraction of sp³-hybridized carbons (Fsp3) is 0.333. The lowest BCUT2D eigenvalue weighted by Gasteiger charge is -2.21. The van der Waals surface area contributed by atoms with Gasteiger partial charge in [-0.1, -0.05) is 30.7 Å². The second-order valence-corrected chi connectivity index (χ2v) is 9.69. The molecule has 1 N–H and O–H groups in total. The molecule has 3 aromatic rings. The maximum absolute atomic E-state index is 13.0. The molecule has 2 aromatic carbocycles. The molecule has 7 nitrogen and oxygen atoms in total. The Balaban J connectivity index is 1.99. The molecule has 0 aliphatic carbocycles.